The molecule has 0 bridgehead atoms. The molecule has 0 aliphatic heterocycles. The number of carbonyl (C=O) groups excluding carboxylic acids is 1. The van der Waals surface area contributed by atoms with Gasteiger partial charge in [-0.05, 0) is 51.0 Å². The smallest absolute Gasteiger partial charge is 0.338 e. The molecule has 0 heterocycles. The van der Waals surface area contributed by atoms with E-state index in [1.54, 1.807) is 0 Å². The second-order valence-electron chi connectivity index (χ2n) is 5.42. The van der Waals surface area contributed by atoms with E-state index in [2.05, 4.69) is 19.2 Å². The van der Waals surface area contributed by atoms with Crippen molar-refractivity contribution in [3.05, 3.63) is 29.8 Å². The Balaban J connectivity index is 2.59. The topological polar surface area (TPSA) is 38.3 Å². The number of hydrogen-bond donors (Lipinski definition) is 1. The molecule has 0 saturated heterocycles. The molecule has 112 valence electrons. The van der Waals surface area contributed by atoms with Gasteiger partial charge in [0.05, 0.1) is 11.7 Å². The summed E-state index contributed by atoms with van der Waals surface area (Å²) in [7, 11) is 0. The molecular weight excluding hydrogens is 250 g/mol. The molecule has 0 aliphatic carbocycles. The van der Waals surface area contributed by atoms with Crippen molar-refractivity contribution in [1.82, 2.24) is 0 Å². The van der Waals surface area contributed by atoms with Gasteiger partial charge in [-0.15, -0.1) is 0 Å². The van der Waals surface area contributed by atoms with Crippen LogP contribution in [0.15, 0.2) is 24.3 Å². The molecule has 0 spiro atoms. The van der Waals surface area contributed by atoms with Gasteiger partial charge in [-0.3, -0.25) is 0 Å². The monoisotopic (exact) mass is 277 g/mol. The van der Waals surface area contributed by atoms with Gasteiger partial charge in [0.1, 0.15) is 0 Å². The average molecular weight is 277 g/mol. The minimum absolute atomic E-state index is 0.0844. The molecule has 0 saturated carbocycles. The van der Waals surface area contributed by atoms with Crippen LogP contribution in [0.25, 0.3) is 0 Å². The Morgan fingerprint density at radius 2 is 1.85 bits per heavy atom. The SMILES string of the molecule is CCCCC(CC)Nc1ccc(C(=O)OC(C)C)cc1. The molecular formula is C17H27NO2. The van der Waals surface area contributed by atoms with Crippen LogP contribution >= 0.6 is 0 Å². The van der Waals surface area contributed by atoms with Gasteiger partial charge >= 0.3 is 5.97 Å². The lowest BCUT2D eigenvalue weighted by Crippen LogP contribution is -2.18. The minimum Gasteiger partial charge on any atom is -0.459 e. The maximum atomic E-state index is 11.7. The van der Waals surface area contributed by atoms with E-state index in [0.717, 1.165) is 12.1 Å². The van der Waals surface area contributed by atoms with E-state index in [1.165, 1.54) is 19.3 Å². The molecule has 1 atom stereocenters. The first-order chi connectivity index (χ1) is 9.56. The zero-order valence-electron chi connectivity index (χ0n) is 13.1. The van der Waals surface area contributed by atoms with Crippen LogP contribution in [0.4, 0.5) is 5.69 Å². The number of ether oxygens (including phenoxy) is 1. The van der Waals surface area contributed by atoms with Gasteiger partial charge in [-0.2, -0.15) is 0 Å². The Bertz CT molecular complexity index is 398. The number of unbranched alkanes of at least 4 members (excludes halogenated alkanes) is 1. The Hall–Kier alpha value is -1.51. The number of nitrogens with one attached hydrogen (secondary N) is 1. The lowest BCUT2D eigenvalue weighted by molar-refractivity contribution is 0.0378. The van der Waals surface area contributed by atoms with E-state index in [9.17, 15) is 4.79 Å². The van der Waals surface area contributed by atoms with Crippen molar-refractivity contribution in [2.75, 3.05) is 5.32 Å². The summed E-state index contributed by atoms with van der Waals surface area (Å²) in [6, 6.07) is 8.04. The highest BCUT2D eigenvalue weighted by Crippen LogP contribution is 2.15. The van der Waals surface area contributed by atoms with Crippen LogP contribution in [0.5, 0.6) is 0 Å². The summed E-state index contributed by atoms with van der Waals surface area (Å²) in [5.74, 6) is -0.260. The third-order valence-electron chi connectivity index (χ3n) is 3.23. The van der Waals surface area contributed by atoms with E-state index in [4.69, 9.17) is 4.74 Å². The molecule has 1 rings (SSSR count). The number of carbonyl (C=O) groups is 1. The standard InChI is InChI=1S/C17H27NO2/c1-5-7-8-15(6-2)18-16-11-9-14(10-12-16)17(19)20-13(3)4/h9-13,15,18H,5-8H2,1-4H3. The van der Waals surface area contributed by atoms with Crippen LogP contribution in [0.3, 0.4) is 0 Å². The van der Waals surface area contributed by atoms with Gasteiger partial charge in [-0.1, -0.05) is 26.7 Å². The molecule has 3 heteroatoms. The fourth-order valence-electron chi connectivity index (χ4n) is 2.05. The molecule has 1 aromatic rings. The highest BCUT2D eigenvalue weighted by Gasteiger charge is 2.10. The number of esters is 1. The van der Waals surface area contributed by atoms with Crippen molar-refractivity contribution in [2.45, 2.75) is 65.5 Å². The van der Waals surface area contributed by atoms with E-state index in [0.29, 0.717) is 11.6 Å². The largest absolute Gasteiger partial charge is 0.459 e. The molecule has 0 fully saturated rings. The second kappa shape index (κ2) is 8.62. The van der Waals surface area contributed by atoms with E-state index < -0.39 is 0 Å². The van der Waals surface area contributed by atoms with Crippen LogP contribution in [0.2, 0.25) is 0 Å². The molecule has 1 unspecified atom stereocenters. The summed E-state index contributed by atoms with van der Waals surface area (Å²) in [6.45, 7) is 8.12. The molecule has 0 aromatic heterocycles. The lowest BCUT2D eigenvalue weighted by Gasteiger charge is -2.18. The average Bonchev–Trinajstić information content (AvgIpc) is 2.43. The first-order valence-corrected chi connectivity index (χ1v) is 7.64. The fourth-order valence-corrected chi connectivity index (χ4v) is 2.05. The fraction of sp³-hybridized carbons (Fsp3) is 0.588. The lowest BCUT2D eigenvalue weighted by atomic mass is 10.1. The molecule has 0 aliphatic rings. The number of rotatable bonds is 8. The third kappa shape index (κ3) is 5.64. The van der Waals surface area contributed by atoms with Gasteiger partial charge in [-0.25, -0.2) is 4.79 Å². The normalized spacial score (nSPS) is 12.2. The predicted molar refractivity (Wildman–Crippen MR) is 84.2 cm³/mol. The Morgan fingerprint density at radius 3 is 2.35 bits per heavy atom. The Kier molecular flexibility index (Phi) is 7.13. The highest BCUT2D eigenvalue weighted by molar-refractivity contribution is 5.89. The van der Waals surface area contributed by atoms with Crippen molar-refractivity contribution < 1.29 is 9.53 Å². The maximum absolute atomic E-state index is 11.7. The van der Waals surface area contributed by atoms with Crippen LogP contribution in [-0.2, 0) is 4.74 Å². The highest BCUT2D eigenvalue weighted by atomic mass is 16.5. The van der Waals surface area contributed by atoms with Crippen molar-refractivity contribution in [1.29, 1.82) is 0 Å². The second-order valence-corrected chi connectivity index (χ2v) is 5.42. The van der Waals surface area contributed by atoms with Crippen molar-refractivity contribution in [2.24, 2.45) is 0 Å². The minimum atomic E-state index is -0.260. The summed E-state index contributed by atoms with van der Waals surface area (Å²) < 4.78 is 5.17. The zero-order valence-corrected chi connectivity index (χ0v) is 13.1. The zero-order chi connectivity index (χ0) is 15.0. The molecule has 1 aromatic carbocycles. The van der Waals surface area contributed by atoms with E-state index >= 15 is 0 Å². The molecule has 20 heavy (non-hydrogen) atoms. The van der Waals surface area contributed by atoms with Gasteiger partial charge < -0.3 is 10.1 Å². The number of hydrogen-bond acceptors (Lipinski definition) is 3. The summed E-state index contributed by atoms with van der Waals surface area (Å²) in [5, 5.41) is 3.52. The first-order valence-electron chi connectivity index (χ1n) is 7.64. The van der Waals surface area contributed by atoms with Gasteiger partial charge in [0, 0.05) is 11.7 Å². The summed E-state index contributed by atoms with van der Waals surface area (Å²) in [5.41, 5.74) is 1.67. The quantitative estimate of drug-likeness (QED) is 0.704. The summed E-state index contributed by atoms with van der Waals surface area (Å²) in [6.07, 6.45) is 4.67. The van der Waals surface area contributed by atoms with Gasteiger partial charge in [0.15, 0.2) is 0 Å². The Morgan fingerprint density at radius 1 is 1.20 bits per heavy atom. The first kappa shape index (κ1) is 16.5. The number of benzene rings is 1. The predicted octanol–water partition coefficient (Wildman–Crippen LogP) is 4.63. The van der Waals surface area contributed by atoms with E-state index in [-0.39, 0.29) is 12.1 Å². The molecule has 0 radical (unpaired) electrons. The van der Waals surface area contributed by atoms with Crippen molar-refractivity contribution >= 4 is 11.7 Å². The van der Waals surface area contributed by atoms with E-state index in [1.807, 2.05) is 38.1 Å². The Labute approximate surface area is 122 Å². The van der Waals surface area contributed by atoms with Crippen molar-refractivity contribution in [3.63, 3.8) is 0 Å². The number of anilines is 1. The van der Waals surface area contributed by atoms with Crippen LogP contribution in [0.1, 0.15) is 63.7 Å². The molecule has 0 amide bonds. The van der Waals surface area contributed by atoms with Gasteiger partial charge in [0.25, 0.3) is 0 Å². The van der Waals surface area contributed by atoms with Crippen LogP contribution in [0, 0.1) is 0 Å². The summed E-state index contributed by atoms with van der Waals surface area (Å²) in [4.78, 5) is 11.7. The van der Waals surface area contributed by atoms with Gasteiger partial charge in [0.2, 0.25) is 0 Å². The van der Waals surface area contributed by atoms with Crippen LogP contribution < -0.4 is 5.32 Å². The third-order valence-corrected chi connectivity index (χ3v) is 3.23. The van der Waals surface area contributed by atoms with Crippen LogP contribution in [-0.4, -0.2) is 18.1 Å². The van der Waals surface area contributed by atoms with Crippen molar-refractivity contribution in [3.8, 4) is 0 Å². The summed E-state index contributed by atoms with van der Waals surface area (Å²) >= 11 is 0. The molecule has 1 N–H and O–H groups in total. The molecule has 3 nitrogen and oxygen atoms in total. The maximum Gasteiger partial charge on any atom is 0.338 e.